The number of carbonyl (C=O) groups is 1. The summed E-state index contributed by atoms with van der Waals surface area (Å²) in [5.41, 5.74) is 1.90. The van der Waals surface area contributed by atoms with Crippen molar-refractivity contribution in [1.82, 2.24) is 9.55 Å². The number of aryl methyl sites for hydroxylation is 1. The van der Waals surface area contributed by atoms with E-state index in [1.54, 1.807) is 17.8 Å². The Kier molecular flexibility index (Phi) is 5.21. The molecule has 0 fully saturated rings. The number of benzene rings is 2. The van der Waals surface area contributed by atoms with Gasteiger partial charge < -0.3 is 14.1 Å². The van der Waals surface area contributed by atoms with Gasteiger partial charge in [0.15, 0.2) is 0 Å². The molecule has 25 heavy (non-hydrogen) atoms. The summed E-state index contributed by atoms with van der Waals surface area (Å²) in [5.74, 6) is 0.347. The standard InChI is InChI=1S/C19H17N3O3/c1-22-12-11-20-18(22)19(23)25-21-13-15-7-9-17(10-8-15)24-14-16-5-3-2-4-6-16/h2-13H,14H2,1H3. The quantitative estimate of drug-likeness (QED) is 0.394. The minimum atomic E-state index is -0.605. The van der Waals surface area contributed by atoms with E-state index in [-0.39, 0.29) is 5.82 Å². The molecule has 0 saturated carbocycles. The zero-order valence-corrected chi connectivity index (χ0v) is 13.7. The fourth-order valence-corrected chi connectivity index (χ4v) is 2.13. The van der Waals surface area contributed by atoms with E-state index < -0.39 is 5.97 Å². The summed E-state index contributed by atoms with van der Waals surface area (Å²) in [6.07, 6.45) is 4.64. The molecule has 0 radical (unpaired) electrons. The van der Waals surface area contributed by atoms with Gasteiger partial charge in [0.05, 0.1) is 6.21 Å². The summed E-state index contributed by atoms with van der Waals surface area (Å²) < 4.78 is 7.28. The van der Waals surface area contributed by atoms with E-state index in [9.17, 15) is 4.79 Å². The third-order valence-electron chi connectivity index (χ3n) is 3.47. The highest BCUT2D eigenvalue weighted by Gasteiger charge is 2.11. The lowest BCUT2D eigenvalue weighted by Gasteiger charge is -2.06. The SMILES string of the molecule is Cn1ccnc1C(=O)ON=Cc1ccc(OCc2ccccc2)cc1. The molecule has 0 unspecified atom stereocenters. The molecular formula is C19H17N3O3. The molecule has 1 aromatic heterocycles. The molecule has 6 nitrogen and oxygen atoms in total. The number of carbonyl (C=O) groups excluding carboxylic acids is 1. The summed E-state index contributed by atoms with van der Waals surface area (Å²) in [7, 11) is 1.71. The average molecular weight is 335 g/mol. The van der Waals surface area contributed by atoms with Gasteiger partial charge in [-0.1, -0.05) is 35.5 Å². The van der Waals surface area contributed by atoms with Gasteiger partial charge in [0.25, 0.3) is 0 Å². The fraction of sp³-hybridized carbons (Fsp3) is 0.105. The van der Waals surface area contributed by atoms with E-state index in [0.717, 1.165) is 16.9 Å². The topological polar surface area (TPSA) is 65.7 Å². The van der Waals surface area contributed by atoms with Gasteiger partial charge in [-0.05, 0) is 35.4 Å². The first-order chi connectivity index (χ1) is 12.2. The number of ether oxygens (including phenoxy) is 1. The highest BCUT2D eigenvalue weighted by Crippen LogP contribution is 2.13. The molecular weight excluding hydrogens is 318 g/mol. The molecule has 126 valence electrons. The Balaban J connectivity index is 1.52. The molecule has 3 aromatic rings. The average Bonchev–Trinajstić information content (AvgIpc) is 3.08. The number of hydrogen-bond donors (Lipinski definition) is 0. The molecule has 3 rings (SSSR count). The zero-order chi connectivity index (χ0) is 17.5. The van der Waals surface area contributed by atoms with Crippen molar-refractivity contribution in [2.45, 2.75) is 6.61 Å². The highest BCUT2D eigenvalue weighted by atomic mass is 16.7. The lowest BCUT2D eigenvalue weighted by molar-refractivity contribution is 0.0500. The maximum Gasteiger partial charge on any atom is 0.400 e. The maximum atomic E-state index is 11.8. The van der Waals surface area contributed by atoms with Gasteiger partial charge in [-0.2, -0.15) is 0 Å². The van der Waals surface area contributed by atoms with E-state index >= 15 is 0 Å². The predicted molar refractivity (Wildman–Crippen MR) is 93.4 cm³/mol. The lowest BCUT2D eigenvalue weighted by Crippen LogP contribution is -2.08. The monoisotopic (exact) mass is 335 g/mol. The molecule has 0 spiro atoms. The first-order valence-electron chi connectivity index (χ1n) is 7.71. The highest BCUT2D eigenvalue weighted by molar-refractivity contribution is 5.86. The van der Waals surface area contributed by atoms with Crippen LogP contribution in [0.25, 0.3) is 0 Å². The first-order valence-corrected chi connectivity index (χ1v) is 7.71. The van der Waals surface area contributed by atoms with Gasteiger partial charge in [-0.3, -0.25) is 0 Å². The van der Waals surface area contributed by atoms with Gasteiger partial charge in [-0.15, -0.1) is 0 Å². The van der Waals surface area contributed by atoms with Crippen LogP contribution in [0.1, 0.15) is 21.7 Å². The fourth-order valence-electron chi connectivity index (χ4n) is 2.13. The lowest BCUT2D eigenvalue weighted by atomic mass is 10.2. The van der Waals surface area contributed by atoms with E-state index in [2.05, 4.69) is 10.1 Å². The first kappa shape index (κ1) is 16.4. The molecule has 0 aliphatic carbocycles. The molecule has 0 atom stereocenters. The van der Waals surface area contributed by atoms with Crippen LogP contribution in [0.15, 0.2) is 72.1 Å². The van der Waals surface area contributed by atoms with Crippen molar-refractivity contribution in [2.24, 2.45) is 12.2 Å². The van der Waals surface area contributed by atoms with Crippen LogP contribution in [-0.2, 0) is 18.5 Å². The second-order valence-electron chi connectivity index (χ2n) is 5.32. The van der Waals surface area contributed by atoms with Crippen LogP contribution in [-0.4, -0.2) is 21.7 Å². The molecule has 0 N–H and O–H groups in total. The zero-order valence-electron chi connectivity index (χ0n) is 13.7. The number of aromatic nitrogens is 2. The molecule has 0 aliphatic rings. The molecule has 2 aromatic carbocycles. The Hall–Kier alpha value is -3.41. The predicted octanol–water partition coefficient (Wildman–Crippen LogP) is 3.19. The minimum absolute atomic E-state index is 0.196. The van der Waals surface area contributed by atoms with Crippen molar-refractivity contribution >= 4 is 12.2 Å². The minimum Gasteiger partial charge on any atom is -0.489 e. The Bertz CT molecular complexity index is 855. The van der Waals surface area contributed by atoms with Crippen molar-refractivity contribution in [3.8, 4) is 5.75 Å². The summed E-state index contributed by atoms with van der Waals surface area (Å²) in [4.78, 5) is 20.5. The Morgan fingerprint density at radius 1 is 1.16 bits per heavy atom. The van der Waals surface area contributed by atoms with Crippen LogP contribution in [0.2, 0.25) is 0 Å². The second kappa shape index (κ2) is 7.92. The Morgan fingerprint density at radius 2 is 1.92 bits per heavy atom. The molecule has 0 amide bonds. The summed E-state index contributed by atoms with van der Waals surface area (Å²) in [5, 5.41) is 3.69. The smallest absolute Gasteiger partial charge is 0.400 e. The third kappa shape index (κ3) is 4.54. The van der Waals surface area contributed by atoms with Crippen LogP contribution in [0.5, 0.6) is 5.75 Å². The van der Waals surface area contributed by atoms with Gasteiger partial charge in [0.2, 0.25) is 5.82 Å². The van der Waals surface area contributed by atoms with Gasteiger partial charge in [0, 0.05) is 19.4 Å². The summed E-state index contributed by atoms with van der Waals surface area (Å²) in [6, 6.07) is 17.3. The number of imidazole rings is 1. The molecule has 6 heteroatoms. The van der Waals surface area contributed by atoms with Crippen LogP contribution >= 0.6 is 0 Å². The number of oxime groups is 1. The van der Waals surface area contributed by atoms with Crippen LogP contribution < -0.4 is 4.74 Å². The van der Waals surface area contributed by atoms with Gasteiger partial charge in [0.1, 0.15) is 12.4 Å². The van der Waals surface area contributed by atoms with Crippen molar-refractivity contribution < 1.29 is 14.4 Å². The van der Waals surface area contributed by atoms with E-state index in [4.69, 9.17) is 9.57 Å². The summed E-state index contributed by atoms with van der Waals surface area (Å²) in [6.45, 7) is 0.509. The molecule has 0 aliphatic heterocycles. The van der Waals surface area contributed by atoms with E-state index in [1.807, 2.05) is 54.6 Å². The van der Waals surface area contributed by atoms with E-state index in [0.29, 0.717) is 6.61 Å². The molecule has 0 saturated heterocycles. The number of nitrogens with zero attached hydrogens (tertiary/aromatic N) is 3. The Morgan fingerprint density at radius 3 is 2.60 bits per heavy atom. The van der Waals surface area contributed by atoms with Crippen molar-refractivity contribution in [3.05, 3.63) is 83.9 Å². The van der Waals surface area contributed by atoms with E-state index in [1.165, 1.54) is 12.4 Å². The van der Waals surface area contributed by atoms with Crippen molar-refractivity contribution in [2.75, 3.05) is 0 Å². The van der Waals surface area contributed by atoms with Gasteiger partial charge >= 0.3 is 5.97 Å². The van der Waals surface area contributed by atoms with Crippen LogP contribution in [0, 0.1) is 0 Å². The van der Waals surface area contributed by atoms with Crippen molar-refractivity contribution in [1.29, 1.82) is 0 Å². The third-order valence-corrected chi connectivity index (χ3v) is 3.47. The van der Waals surface area contributed by atoms with Crippen molar-refractivity contribution in [3.63, 3.8) is 0 Å². The summed E-state index contributed by atoms with van der Waals surface area (Å²) >= 11 is 0. The number of rotatable bonds is 6. The maximum absolute atomic E-state index is 11.8. The Labute approximate surface area is 145 Å². The largest absolute Gasteiger partial charge is 0.489 e. The molecule has 0 bridgehead atoms. The number of hydrogen-bond acceptors (Lipinski definition) is 5. The second-order valence-corrected chi connectivity index (χ2v) is 5.32. The van der Waals surface area contributed by atoms with Crippen LogP contribution in [0.4, 0.5) is 0 Å². The van der Waals surface area contributed by atoms with Gasteiger partial charge in [-0.25, -0.2) is 9.78 Å². The molecule has 1 heterocycles. The van der Waals surface area contributed by atoms with Crippen LogP contribution in [0.3, 0.4) is 0 Å². The normalized spacial score (nSPS) is 10.8.